The maximum Gasteiger partial charge on any atom is 0.249 e. The molecule has 2 unspecified atom stereocenters. The molecule has 1 aromatic carbocycles. The van der Waals surface area contributed by atoms with Crippen molar-refractivity contribution in [1.82, 2.24) is 10.2 Å². The molecular weight excluding hydrogens is 301 g/mol. The minimum Gasteiger partial charge on any atom is -0.378 e. The van der Waals surface area contributed by atoms with E-state index in [2.05, 4.69) is 5.32 Å². The molecular formula is C16H20FN3O3. The van der Waals surface area contributed by atoms with E-state index in [0.717, 1.165) is 0 Å². The van der Waals surface area contributed by atoms with Gasteiger partial charge >= 0.3 is 0 Å². The van der Waals surface area contributed by atoms with Crippen LogP contribution in [0.15, 0.2) is 24.3 Å². The van der Waals surface area contributed by atoms with Crippen molar-refractivity contribution >= 4 is 17.5 Å². The quantitative estimate of drug-likeness (QED) is 0.874. The number of anilines is 1. The summed E-state index contributed by atoms with van der Waals surface area (Å²) in [5, 5.41) is 3.09. The number of amides is 2. The monoisotopic (exact) mass is 321 g/mol. The third kappa shape index (κ3) is 3.07. The summed E-state index contributed by atoms with van der Waals surface area (Å²) in [6, 6.07) is 5.19. The normalized spacial score (nSPS) is 24.8. The molecule has 1 N–H and O–H groups in total. The predicted octanol–water partition coefficient (Wildman–Crippen LogP) is 0.378. The SMILES string of the molecule is CN(C(=O)C1COCCN1)C1CCN(c2ccccc2F)C1=O. The Kier molecular flexibility index (Phi) is 4.58. The van der Waals surface area contributed by atoms with E-state index in [1.807, 2.05) is 0 Å². The highest BCUT2D eigenvalue weighted by atomic mass is 19.1. The maximum atomic E-state index is 13.9. The molecule has 7 heteroatoms. The van der Waals surface area contributed by atoms with Gasteiger partial charge in [-0.3, -0.25) is 9.59 Å². The van der Waals surface area contributed by atoms with Crippen molar-refractivity contribution in [2.24, 2.45) is 0 Å². The topological polar surface area (TPSA) is 61.9 Å². The Bertz CT molecular complexity index is 604. The fourth-order valence-corrected chi connectivity index (χ4v) is 3.06. The Labute approximate surface area is 134 Å². The maximum absolute atomic E-state index is 13.9. The number of hydrogen-bond acceptors (Lipinski definition) is 4. The Balaban J connectivity index is 1.71. The summed E-state index contributed by atoms with van der Waals surface area (Å²) in [6.45, 7) is 1.90. The second kappa shape index (κ2) is 6.64. The minimum absolute atomic E-state index is 0.168. The fraction of sp³-hybridized carbons (Fsp3) is 0.500. The van der Waals surface area contributed by atoms with Gasteiger partial charge < -0.3 is 19.9 Å². The van der Waals surface area contributed by atoms with E-state index in [1.54, 1.807) is 25.2 Å². The molecule has 2 heterocycles. The van der Waals surface area contributed by atoms with Crippen LogP contribution < -0.4 is 10.2 Å². The van der Waals surface area contributed by atoms with E-state index in [9.17, 15) is 14.0 Å². The Morgan fingerprint density at radius 2 is 2.22 bits per heavy atom. The zero-order chi connectivity index (χ0) is 16.4. The molecule has 2 fully saturated rings. The van der Waals surface area contributed by atoms with E-state index in [0.29, 0.717) is 32.7 Å². The van der Waals surface area contributed by atoms with Crippen LogP contribution in [0.2, 0.25) is 0 Å². The second-order valence-corrected chi connectivity index (χ2v) is 5.78. The summed E-state index contributed by atoms with van der Waals surface area (Å²) in [6.07, 6.45) is 0.489. The first-order chi connectivity index (χ1) is 11.1. The molecule has 2 amide bonds. The van der Waals surface area contributed by atoms with Gasteiger partial charge in [0.1, 0.15) is 17.9 Å². The van der Waals surface area contributed by atoms with Gasteiger partial charge in [0, 0.05) is 20.1 Å². The van der Waals surface area contributed by atoms with E-state index >= 15 is 0 Å². The first-order valence-electron chi connectivity index (χ1n) is 7.73. The molecule has 0 spiro atoms. The lowest BCUT2D eigenvalue weighted by atomic mass is 10.1. The summed E-state index contributed by atoms with van der Waals surface area (Å²) in [5.74, 6) is -0.848. The summed E-state index contributed by atoms with van der Waals surface area (Å²) in [7, 11) is 1.62. The number of carbonyl (C=O) groups is 2. The number of morpholine rings is 1. The van der Waals surface area contributed by atoms with E-state index in [4.69, 9.17) is 4.74 Å². The molecule has 0 aliphatic carbocycles. The van der Waals surface area contributed by atoms with Crippen LogP contribution in [-0.4, -0.2) is 62.1 Å². The van der Waals surface area contributed by atoms with Gasteiger partial charge in [0.2, 0.25) is 11.8 Å². The van der Waals surface area contributed by atoms with Crippen molar-refractivity contribution in [3.05, 3.63) is 30.1 Å². The number of likely N-dealkylation sites (N-methyl/N-ethyl adjacent to an activating group) is 1. The van der Waals surface area contributed by atoms with E-state index < -0.39 is 17.9 Å². The summed E-state index contributed by atoms with van der Waals surface area (Å²) >= 11 is 0. The van der Waals surface area contributed by atoms with Crippen molar-refractivity contribution in [2.75, 3.05) is 38.3 Å². The lowest BCUT2D eigenvalue weighted by molar-refractivity contribution is -0.140. The van der Waals surface area contributed by atoms with Crippen molar-refractivity contribution in [2.45, 2.75) is 18.5 Å². The fourth-order valence-electron chi connectivity index (χ4n) is 3.06. The molecule has 0 radical (unpaired) electrons. The third-order valence-electron chi connectivity index (χ3n) is 4.36. The van der Waals surface area contributed by atoms with Crippen LogP contribution in [0, 0.1) is 5.82 Å². The van der Waals surface area contributed by atoms with Crippen molar-refractivity contribution < 1.29 is 18.7 Å². The number of benzene rings is 1. The van der Waals surface area contributed by atoms with Gasteiger partial charge in [-0.15, -0.1) is 0 Å². The standard InChI is InChI=1S/C16H20FN3O3/c1-19(15(21)12-10-23-9-7-18-12)14-6-8-20(16(14)22)13-5-3-2-4-11(13)17/h2-5,12,14,18H,6-10H2,1H3. The molecule has 2 atom stereocenters. The minimum atomic E-state index is -0.564. The first-order valence-corrected chi connectivity index (χ1v) is 7.73. The molecule has 2 aliphatic heterocycles. The molecule has 23 heavy (non-hydrogen) atoms. The van der Waals surface area contributed by atoms with Crippen LogP contribution in [0.1, 0.15) is 6.42 Å². The van der Waals surface area contributed by atoms with Crippen LogP contribution in [0.5, 0.6) is 0 Å². The largest absolute Gasteiger partial charge is 0.378 e. The van der Waals surface area contributed by atoms with Crippen LogP contribution >= 0.6 is 0 Å². The number of para-hydroxylation sites is 1. The number of hydrogen-bond donors (Lipinski definition) is 1. The van der Waals surface area contributed by atoms with Gasteiger partial charge in [-0.1, -0.05) is 12.1 Å². The highest BCUT2D eigenvalue weighted by Gasteiger charge is 2.39. The second-order valence-electron chi connectivity index (χ2n) is 5.78. The van der Waals surface area contributed by atoms with Gasteiger partial charge in [-0.25, -0.2) is 4.39 Å². The van der Waals surface area contributed by atoms with E-state index in [-0.39, 0.29) is 17.5 Å². The molecule has 2 aliphatic rings. The van der Waals surface area contributed by atoms with Gasteiger partial charge in [0.05, 0.1) is 18.9 Å². The summed E-state index contributed by atoms with van der Waals surface area (Å²) in [5.41, 5.74) is 0.264. The van der Waals surface area contributed by atoms with Gasteiger partial charge in [-0.05, 0) is 18.6 Å². The molecule has 0 saturated carbocycles. The highest BCUT2D eigenvalue weighted by Crippen LogP contribution is 2.26. The first kappa shape index (κ1) is 15.9. The zero-order valence-corrected chi connectivity index (χ0v) is 13.0. The molecule has 0 bridgehead atoms. The molecule has 1 aromatic rings. The number of halogens is 1. The molecule has 0 aromatic heterocycles. The lowest BCUT2D eigenvalue weighted by Gasteiger charge is -2.30. The number of rotatable bonds is 3. The number of carbonyl (C=O) groups excluding carboxylic acids is 2. The Morgan fingerprint density at radius 1 is 1.43 bits per heavy atom. The average molecular weight is 321 g/mol. The van der Waals surface area contributed by atoms with Gasteiger partial charge in [0.15, 0.2) is 0 Å². The van der Waals surface area contributed by atoms with Gasteiger partial charge in [0.25, 0.3) is 0 Å². The Morgan fingerprint density at radius 3 is 2.91 bits per heavy atom. The molecule has 2 saturated heterocycles. The Hall–Kier alpha value is -1.99. The zero-order valence-electron chi connectivity index (χ0n) is 13.0. The number of nitrogens with zero attached hydrogens (tertiary/aromatic N) is 2. The molecule has 124 valence electrons. The van der Waals surface area contributed by atoms with Crippen LogP contribution in [0.25, 0.3) is 0 Å². The lowest BCUT2D eigenvalue weighted by Crippen LogP contribution is -2.55. The highest BCUT2D eigenvalue weighted by molar-refractivity contribution is 6.01. The molecule has 3 rings (SSSR count). The average Bonchev–Trinajstić information content (AvgIpc) is 2.96. The third-order valence-corrected chi connectivity index (χ3v) is 4.36. The van der Waals surface area contributed by atoms with Crippen LogP contribution in [0.4, 0.5) is 10.1 Å². The smallest absolute Gasteiger partial charge is 0.249 e. The van der Waals surface area contributed by atoms with Gasteiger partial charge in [-0.2, -0.15) is 0 Å². The van der Waals surface area contributed by atoms with Crippen molar-refractivity contribution in [3.8, 4) is 0 Å². The molecule has 6 nitrogen and oxygen atoms in total. The number of ether oxygens (including phenoxy) is 1. The van der Waals surface area contributed by atoms with Crippen molar-refractivity contribution in [3.63, 3.8) is 0 Å². The summed E-state index contributed by atoms with van der Waals surface area (Å²) < 4.78 is 19.2. The number of nitrogens with one attached hydrogen (secondary N) is 1. The summed E-state index contributed by atoms with van der Waals surface area (Å²) in [4.78, 5) is 27.9. The van der Waals surface area contributed by atoms with Crippen LogP contribution in [-0.2, 0) is 14.3 Å². The predicted molar refractivity (Wildman–Crippen MR) is 82.5 cm³/mol. The van der Waals surface area contributed by atoms with Crippen molar-refractivity contribution in [1.29, 1.82) is 0 Å². The van der Waals surface area contributed by atoms with E-state index in [1.165, 1.54) is 15.9 Å². The van der Waals surface area contributed by atoms with Crippen LogP contribution in [0.3, 0.4) is 0 Å².